The molecule has 0 N–H and O–H groups in total. The van der Waals surface area contributed by atoms with Crippen molar-refractivity contribution in [3.8, 4) is 0 Å². The topological polar surface area (TPSA) is 110 Å². The molecule has 0 fully saturated rings. The maximum atomic E-state index is 11.5. The van der Waals surface area contributed by atoms with Crippen molar-refractivity contribution in [2.24, 2.45) is 17.3 Å². The molecule has 3 aromatic heterocycles. The van der Waals surface area contributed by atoms with Crippen LogP contribution in [-0.2, 0) is 23.7 Å². The van der Waals surface area contributed by atoms with Gasteiger partial charge in [-0.2, -0.15) is 0 Å². The summed E-state index contributed by atoms with van der Waals surface area (Å²) in [6.07, 6.45) is 10.1. The molecular weight excluding hydrogens is 624 g/mol. The largest absolute Gasteiger partial charge is 1.00 e. The van der Waals surface area contributed by atoms with E-state index >= 15 is 0 Å². The van der Waals surface area contributed by atoms with Crippen molar-refractivity contribution >= 4 is 53.2 Å². The molecule has 44 heavy (non-hydrogen) atoms. The smallest absolute Gasteiger partial charge is 0.744 e. The summed E-state index contributed by atoms with van der Waals surface area (Å²) in [5.41, 5.74) is 4.21. The van der Waals surface area contributed by atoms with E-state index in [4.69, 9.17) is 0 Å². The molecule has 6 aromatic rings. The normalized spacial score (nSPS) is 14.3. The van der Waals surface area contributed by atoms with Gasteiger partial charge in [-0.1, -0.05) is 66.0 Å². The van der Waals surface area contributed by atoms with E-state index in [0.29, 0.717) is 16.0 Å². The second-order valence-corrected chi connectivity index (χ2v) is 13.6. The van der Waals surface area contributed by atoms with Gasteiger partial charge in [0.2, 0.25) is 9.60 Å². The maximum Gasteiger partial charge on any atom is 1.00 e. The van der Waals surface area contributed by atoms with Gasteiger partial charge in [0.05, 0.1) is 38.2 Å². The Bertz CT molecular complexity index is 2140. The third-order valence-corrected chi connectivity index (χ3v) is 10.4. The number of aryl methyl sites for hydroxylation is 1. The van der Waals surface area contributed by atoms with Gasteiger partial charge in [0.15, 0.2) is 0 Å². The number of fused-ring (bicyclic) bond motifs is 2. The molecule has 0 amide bonds. The van der Waals surface area contributed by atoms with E-state index in [2.05, 4.69) is 87.4 Å². The first-order valence-corrected chi connectivity index (χ1v) is 16.7. The van der Waals surface area contributed by atoms with Crippen LogP contribution in [0, 0.1) is 12.8 Å². The molecule has 2 unspecified atom stereocenters. The van der Waals surface area contributed by atoms with Crippen LogP contribution in [0.5, 0.6) is 0 Å². The molecule has 3 heterocycles. The SMILES string of the molecule is C[CH]C([CH]C(C)n1ccnc1)c1ccc(Cn2c(=NN=c3sc4cc(S(=O)(=O)[O-])ccc4n3C)sc3ccccc32)cc1.[Na+]. The van der Waals surface area contributed by atoms with Crippen LogP contribution >= 0.6 is 22.7 Å². The Morgan fingerprint density at radius 1 is 0.977 bits per heavy atom. The van der Waals surface area contributed by atoms with Gasteiger partial charge >= 0.3 is 29.6 Å². The molecule has 0 spiro atoms. The fourth-order valence-corrected chi connectivity index (χ4v) is 7.62. The van der Waals surface area contributed by atoms with E-state index in [1.165, 1.54) is 29.0 Å². The molecule has 220 valence electrons. The summed E-state index contributed by atoms with van der Waals surface area (Å²) in [5, 5.41) is 9.21. The number of thiazole rings is 2. The second-order valence-electron chi connectivity index (χ2n) is 10.2. The number of aromatic nitrogens is 4. The minimum Gasteiger partial charge on any atom is -0.744 e. The Kier molecular flexibility index (Phi) is 10.1. The number of hydrogen-bond acceptors (Lipinski definition) is 8. The second kappa shape index (κ2) is 13.7. The van der Waals surface area contributed by atoms with Crippen LogP contribution in [0.3, 0.4) is 0 Å². The number of hydrogen-bond donors (Lipinski definition) is 0. The molecular formula is C31H29N6NaO3S3. The standard InChI is InChI=1S/C31H30N6O3S3.Na/c1-4-23(17-21(2)36-16-15-32-20-36)24-11-9-22(10-12-24)19-37-27-7-5-6-8-28(27)41-31(37)34-33-30-35(3)26-14-13-25(43(38,39)40)18-29(26)42-30;/h4-18,20-21,23H,19H2,1-3H3,(H,38,39,40);/q;+1/p-1. The van der Waals surface area contributed by atoms with Gasteiger partial charge in [-0.05, 0) is 67.1 Å². The molecule has 0 saturated carbocycles. The van der Waals surface area contributed by atoms with Crippen LogP contribution < -0.4 is 39.2 Å². The quantitative estimate of drug-likeness (QED) is 0.136. The zero-order valence-corrected chi connectivity index (χ0v) is 29.2. The minimum absolute atomic E-state index is 0. The number of rotatable bonds is 9. The van der Waals surface area contributed by atoms with Gasteiger partial charge < -0.3 is 18.3 Å². The van der Waals surface area contributed by atoms with Crippen LogP contribution in [0.25, 0.3) is 20.4 Å². The van der Waals surface area contributed by atoms with Gasteiger partial charge in [0.1, 0.15) is 10.1 Å². The molecule has 2 radical (unpaired) electrons. The number of imidazole rings is 1. The minimum atomic E-state index is -4.54. The van der Waals surface area contributed by atoms with E-state index < -0.39 is 10.1 Å². The molecule has 0 bridgehead atoms. The predicted molar refractivity (Wildman–Crippen MR) is 169 cm³/mol. The Labute approximate surface area is 285 Å². The Balaban J connectivity index is 0.00000384. The third kappa shape index (κ3) is 6.86. The predicted octanol–water partition coefficient (Wildman–Crippen LogP) is 2.60. The fraction of sp³-hybridized carbons (Fsp3) is 0.194. The van der Waals surface area contributed by atoms with Crippen LogP contribution in [0.15, 0.2) is 101 Å². The van der Waals surface area contributed by atoms with Crippen molar-refractivity contribution in [3.05, 3.63) is 119 Å². The van der Waals surface area contributed by atoms with Gasteiger partial charge in [0, 0.05) is 25.5 Å². The molecule has 9 nitrogen and oxygen atoms in total. The summed E-state index contributed by atoms with van der Waals surface area (Å²) in [5.74, 6) is 0.206. The van der Waals surface area contributed by atoms with Crippen molar-refractivity contribution in [1.82, 2.24) is 18.7 Å². The van der Waals surface area contributed by atoms with Crippen molar-refractivity contribution < 1.29 is 42.5 Å². The fourth-order valence-electron chi connectivity index (χ4n) is 5.05. The third-order valence-electron chi connectivity index (χ3n) is 7.42. The number of nitrogens with zero attached hydrogens (tertiary/aromatic N) is 6. The maximum absolute atomic E-state index is 11.5. The molecule has 0 saturated heterocycles. The first-order chi connectivity index (χ1) is 20.7. The zero-order chi connectivity index (χ0) is 30.1. The van der Waals surface area contributed by atoms with E-state index in [9.17, 15) is 13.0 Å². The number of benzene rings is 3. The summed E-state index contributed by atoms with van der Waals surface area (Å²) >= 11 is 2.84. The summed E-state index contributed by atoms with van der Waals surface area (Å²) < 4.78 is 42.3. The van der Waals surface area contributed by atoms with Gasteiger partial charge in [0.25, 0.3) is 0 Å². The van der Waals surface area contributed by atoms with E-state index in [1.54, 1.807) is 23.6 Å². The van der Waals surface area contributed by atoms with Crippen LogP contribution in [0.4, 0.5) is 0 Å². The monoisotopic (exact) mass is 652 g/mol. The summed E-state index contributed by atoms with van der Waals surface area (Å²) in [4.78, 5) is 5.24. The van der Waals surface area contributed by atoms with Gasteiger partial charge in [-0.15, -0.1) is 10.2 Å². The average Bonchev–Trinajstić information content (AvgIpc) is 3.73. The summed E-state index contributed by atoms with van der Waals surface area (Å²) in [6, 6.07) is 21.4. The Morgan fingerprint density at radius 3 is 2.41 bits per heavy atom. The molecule has 13 heteroatoms. The molecule has 0 aliphatic carbocycles. The van der Waals surface area contributed by atoms with Gasteiger partial charge in [-0.3, -0.25) is 0 Å². The molecule has 0 aliphatic rings. The Hall–Kier alpha value is -2.84. The molecule has 3 aromatic carbocycles. The Morgan fingerprint density at radius 2 is 1.70 bits per heavy atom. The van der Waals surface area contributed by atoms with E-state index in [0.717, 1.165) is 26.1 Å². The van der Waals surface area contributed by atoms with Crippen molar-refractivity contribution in [3.63, 3.8) is 0 Å². The summed E-state index contributed by atoms with van der Waals surface area (Å²) in [7, 11) is -2.70. The molecule has 6 rings (SSSR count). The van der Waals surface area contributed by atoms with Crippen molar-refractivity contribution in [2.45, 2.75) is 37.2 Å². The average molecular weight is 653 g/mol. The van der Waals surface area contributed by atoms with E-state index in [1.807, 2.05) is 36.3 Å². The zero-order valence-electron chi connectivity index (χ0n) is 24.7. The van der Waals surface area contributed by atoms with Crippen molar-refractivity contribution in [1.29, 1.82) is 0 Å². The first kappa shape index (κ1) is 32.6. The van der Waals surface area contributed by atoms with E-state index in [-0.39, 0.29) is 46.4 Å². The van der Waals surface area contributed by atoms with Crippen LogP contribution in [0.2, 0.25) is 0 Å². The van der Waals surface area contributed by atoms with Crippen LogP contribution in [-0.4, -0.2) is 31.7 Å². The summed E-state index contributed by atoms with van der Waals surface area (Å²) in [6.45, 7) is 4.87. The van der Waals surface area contributed by atoms with Crippen molar-refractivity contribution in [2.75, 3.05) is 0 Å². The molecule has 0 aliphatic heterocycles. The van der Waals surface area contributed by atoms with Crippen LogP contribution in [0.1, 0.15) is 36.9 Å². The molecule has 2 atom stereocenters. The number of para-hydroxylation sites is 1. The van der Waals surface area contributed by atoms with Gasteiger partial charge in [-0.25, -0.2) is 13.4 Å². The first-order valence-electron chi connectivity index (χ1n) is 13.6.